The number of nitrogens with zero attached hydrogens (tertiary/aromatic N) is 2. The van der Waals surface area contributed by atoms with Crippen molar-refractivity contribution in [2.75, 3.05) is 0 Å². The summed E-state index contributed by atoms with van der Waals surface area (Å²) in [5, 5.41) is 1.15. The van der Waals surface area contributed by atoms with Crippen LogP contribution in [0.1, 0.15) is 49.9 Å². The molecule has 0 radical (unpaired) electrons. The average Bonchev–Trinajstić information content (AvgIpc) is 2.58. The highest BCUT2D eigenvalue weighted by molar-refractivity contribution is 6.15. The third-order valence-electron chi connectivity index (χ3n) is 5.89. The lowest BCUT2D eigenvalue weighted by atomic mass is 9.65. The number of aliphatic imine (C=N–C) groups is 1. The Kier molecular flexibility index (Phi) is 3.37. The maximum Gasteiger partial charge on any atom is 0.0744 e. The quantitative estimate of drug-likeness (QED) is 0.583. The molecule has 3 aromatic rings. The SMILES string of the molecule is Cc1ccc2c(c1)C(C)(C)C(C)(C)N=C2c1cnc2ccccc2c1. The summed E-state index contributed by atoms with van der Waals surface area (Å²) < 4.78 is 0. The van der Waals surface area contributed by atoms with E-state index in [1.54, 1.807) is 0 Å². The second-order valence-corrected chi connectivity index (χ2v) is 8.11. The Morgan fingerprint density at radius 1 is 0.880 bits per heavy atom. The molecule has 0 amide bonds. The first-order valence-corrected chi connectivity index (χ1v) is 8.86. The highest BCUT2D eigenvalue weighted by Crippen LogP contribution is 2.44. The fourth-order valence-electron chi connectivity index (χ4n) is 3.61. The van der Waals surface area contributed by atoms with Gasteiger partial charge in [0.2, 0.25) is 0 Å². The summed E-state index contributed by atoms with van der Waals surface area (Å²) in [5.74, 6) is 0. The lowest BCUT2D eigenvalue weighted by molar-refractivity contribution is 0.303. The predicted octanol–water partition coefficient (Wildman–Crippen LogP) is 5.45. The van der Waals surface area contributed by atoms with Crippen LogP contribution in [0.3, 0.4) is 0 Å². The third kappa shape index (κ3) is 2.39. The van der Waals surface area contributed by atoms with Crippen LogP contribution >= 0.6 is 0 Å². The Balaban J connectivity index is 1.98. The van der Waals surface area contributed by atoms with Crippen molar-refractivity contribution in [2.24, 2.45) is 4.99 Å². The van der Waals surface area contributed by atoms with Crippen LogP contribution < -0.4 is 0 Å². The fraction of sp³-hybridized carbons (Fsp3) is 0.304. The highest BCUT2D eigenvalue weighted by Gasteiger charge is 2.43. The number of aryl methyl sites for hydroxylation is 1. The van der Waals surface area contributed by atoms with Crippen molar-refractivity contribution in [3.05, 3.63) is 77.0 Å². The standard InChI is InChI=1S/C23H24N2/c1-15-10-11-18-19(12-15)22(2,3)23(4,5)25-21(18)17-13-16-8-6-7-9-20(16)24-14-17/h6-14H,1-5H3. The van der Waals surface area contributed by atoms with E-state index in [-0.39, 0.29) is 11.0 Å². The van der Waals surface area contributed by atoms with Gasteiger partial charge in [-0.1, -0.05) is 55.8 Å². The van der Waals surface area contributed by atoms with Crippen LogP contribution in [0, 0.1) is 6.92 Å². The molecule has 0 saturated carbocycles. The van der Waals surface area contributed by atoms with Crippen LogP contribution in [0.5, 0.6) is 0 Å². The largest absolute Gasteiger partial charge is 0.277 e. The van der Waals surface area contributed by atoms with Crippen LogP contribution in [0.4, 0.5) is 0 Å². The molecule has 25 heavy (non-hydrogen) atoms. The molecule has 1 aliphatic heterocycles. The number of pyridine rings is 1. The predicted molar refractivity (Wildman–Crippen MR) is 106 cm³/mol. The molecule has 1 aliphatic rings. The number of rotatable bonds is 1. The molecule has 0 saturated heterocycles. The van der Waals surface area contributed by atoms with Crippen molar-refractivity contribution >= 4 is 16.6 Å². The Hall–Kier alpha value is -2.48. The lowest BCUT2D eigenvalue weighted by Crippen LogP contribution is -2.46. The van der Waals surface area contributed by atoms with E-state index in [2.05, 4.69) is 76.0 Å². The van der Waals surface area contributed by atoms with Gasteiger partial charge in [0, 0.05) is 28.1 Å². The monoisotopic (exact) mass is 328 g/mol. The number of hydrogen-bond donors (Lipinski definition) is 0. The van der Waals surface area contributed by atoms with Gasteiger partial charge in [0.15, 0.2) is 0 Å². The molecule has 0 aliphatic carbocycles. The van der Waals surface area contributed by atoms with E-state index in [0.717, 1.165) is 22.2 Å². The summed E-state index contributed by atoms with van der Waals surface area (Å²) in [6.45, 7) is 11.2. The van der Waals surface area contributed by atoms with Crippen molar-refractivity contribution in [3.8, 4) is 0 Å². The number of para-hydroxylation sites is 1. The number of hydrogen-bond acceptors (Lipinski definition) is 2. The van der Waals surface area contributed by atoms with Gasteiger partial charge in [0.05, 0.1) is 16.8 Å². The molecule has 4 rings (SSSR count). The van der Waals surface area contributed by atoms with Crippen LogP contribution in [-0.2, 0) is 5.41 Å². The molecule has 0 unspecified atom stereocenters. The summed E-state index contributed by atoms with van der Waals surface area (Å²) in [4.78, 5) is 9.84. The van der Waals surface area contributed by atoms with E-state index in [1.165, 1.54) is 16.7 Å². The van der Waals surface area contributed by atoms with Crippen molar-refractivity contribution in [1.29, 1.82) is 0 Å². The van der Waals surface area contributed by atoms with Gasteiger partial charge in [-0.05, 0) is 38.5 Å². The number of fused-ring (bicyclic) bond motifs is 2. The Morgan fingerprint density at radius 2 is 1.64 bits per heavy atom. The van der Waals surface area contributed by atoms with Crippen molar-refractivity contribution < 1.29 is 0 Å². The Morgan fingerprint density at radius 3 is 2.44 bits per heavy atom. The van der Waals surface area contributed by atoms with Gasteiger partial charge in [-0.25, -0.2) is 0 Å². The van der Waals surface area contributed by atoms with Gasteiger partial charge in [-0.3, -0.25) is 9.98 Å². The summed E-state index contributed by atoms with van der Waals surface area (Å²) in [6, 6.07) is 17.2. The first-order valence-electron chi connectivity index (χ1n) is 8.86. The van der Waals surface area contributed by atoms with Crippen molar-refractivity contribution in [2.45, 2.75) is 45.6 Å². The molecule has 0 fully saturated rings. The maximum absolute atomic E-state index is 5.19. The van der Waals surface area contributed by atoms with Crippen molar-refractivity contribution in [1.82, 2.24) is 4.98 Å². The number of aromatic nitrogens is 1. The molecular formula is C23H24N2. The zero-order valence-electron chi connectivity index (χ0n) is 15.6. The van der Waals surface area contributed by atoms with Gasteiger partial charge < -0.3 is 0 Å². The highest BCUT2D eigenvalue weighted by atomic mass is 14.9. The molecule has 1 aromatic heterocycles. The first kappa shape index (κ1) is 16.0. The number of benzene rings is 2. The van der Waals surface area contributed by atoms with Crippen LogP contribution in [0.2, 0.25) is 0 Å². The first-order chi connectivity index (χ1) is 11.8. The molecular weight excluding hydrogens is 304 g/mol. The second kappa shape index (κ2) is 5.26. The molecule has 0 bridgehead atoms. The molecule has 0 N–H and O–H groups in total. The van der Waals surface area contributed by atoms with E-state index < -0.39 is 0 Å². The Labute approximate surface area is 149 Å². The van der Waals surface area contributed by atoms with Crippen LogP contribution in [0.15, 0.2) is 59.7 Å². The van der Waals surface area contributed by atoms with E-state index in [1.807, 2.05) is 18.3 Å². The summed E-state index contributed by atoms with van der Waals surface area (Å²) in [5.41, 5.74) is 6.84. The zero-order chi connectivity index (χ0) is 17.8. The zero-order valence-corrected chi connectivity index (χ0v) is 15.6. The lowest BCUT2D eigenvalue weighted by Gasteiger charge is -2.44. The second-order valence-electron chi connectivity index (χ2n) is 8.11. The Bertz CT molecular complexity index is 1010. The third-order valence-corrected chi connectivity index (χ3v) is 5.89. The summed E-state index contributed by atoms with van der Waals surface area (Å²) in [6.07, 6.45) is 1.96. The molecule has 2 aromatic carbocycles. The van der Waals surface area contributed by atoms with Gasteiger partial charge >= 0.3 is 0 Å². The van der Waals surface area contributed by atoms with Gasteiger partial charge in [0.25, 0.3) is 0 Å². The summed E-state index contributed by atoms with van der Waals surface area (Å²) in [7, 11) is 0. The van der Waals surface area contributed by atoms with E-state index >= 15 is 0 Å². The minimum Gasteiger partial charge on any atom is -0.277 e. The topological polar surface area (TPSA) is 25.2 Å². The fourth-order valence-corrected chi connectivity index (χ4v) is 3.61. The average molecular weight is 328 g/mol. The normalized spacial score (nSPS) is 17.9. The van der Waals surface area contributed by atoms with E-state index in [0.29, 0.717) is 0 Å². The molecule has 0 spiro atoms. The smallest absolute Gasteiger partial charge is 0.0744 e. The van der Waals surface area contributed by atoms with Crippen molar-refractivity contribution in [3.63, 3.8) is 0 Å². The molecule has 2 nitrogen and oxygen atoms in total. The molecule has 0 atom stereocenters. The van der Waals surface area contributed by atoms with E-state index in [9.17, 15) is 0 Å². The minimum atomic E-state index is -0.186. The molecule has 2 heterocycles. The molecule has 126 valence electrons. The maximum atomic E-state index is 5.19. The minimum absolute atomic E-state index is 0.0257. The molecule has 2 heteroatoms. The van der Waals surface area contributed by atoms with E-state index in [4.69, 9.17) is 4.99 Å². The van der Waals surface area contributed by atoms with Gasteiger partial charge in [-0.2, -0.15) is 0 Å². The van der Waals surface area contributed by atoms with Crippen LogP contribution in [-0.4, -0.2) is 16.2 Å². The van der Waals surface area contributed by atoms with Gasteiger partial charge in [-0.15, -0.1) is 0 Å². The van der Waals surface area contributed by atoms with Crippen LogP contribution in [0.25, 0.3) is 10.9 Å². The summed E-state index contributed by atoms with van der Waals surface area (Å²) >= 11 is 0. The van der Waals surface area contributed by atoms with Gasteiger partial charge in [0.1, 0.15) is 0 Å².